The third kappa shape index (κ3) is 2.54. The highest BCUT2D eigenvalue weighted by Crippen LogP contribution is 2.29. The highest BCUT2D eigenvalue weighted by molar-refractivity contribution is 5.75. The second-order valence-corrected chi connectivity index (χ2v) is 3.89. The zero-order valence-electron chi connectivity index (χ0n) is 10.6. The summed E-state index contributed by atoms with van der Waals surface area (Å²) in [5, 5.41) is 0. The fourth-order valence-corrected chi connectivity index (χ4v) is 1.96. The summed E-state index contributed by atoms with van der Waals surface area (Å²) in [5.41, 5.74) is 3.66. The van der Waals surface area contributed by atoms with E-state index in [0.29, 0.717) is 0 Å². The number of furan rings is 1. The van der Waals surface area contributed by atoms with Gasteiger partial charge in [0.25, 0.3) is 0 Å². The molecule has 86 valence electrons. The minimum Gasteiger partial charge on any atom is -0.465 e. The number of rotatable bonds is 4. The van der Waals surface area contributed by atoms with Gasteiger partial charge in [-0.1, -0.05) is 37.8 Å². The van der Waals surface area contributed by atoms with E-state index in [9.17, 15) is 0 Å². The molecule has 0 aliphatic heterocycles. The number of hydrogen-bond donors (Lipinski definition) is 0. The second kappa shape index (κ2) is 5.55. The Balaban J connectivity index is 3.30. The molecule has 1 aromatic rings. The van der Waals surface area contributed by atoms with Crippen LogP contribution in [0.3, 0.4) is 0 Å². The maximum atomic E-state index is 5.68. The van der Waals surface area contributed by atoms with Crippen LogP contribution in [-0.2, 0) is 0 Å². The molecule has 0 unspecified atom stereocenters. The van der Waals surface area contributed by atoms with Gasteiger partial charge in [-0.3, -0.25) is 0 Å². The Morgan fingerprint density at radius 2 is 2.00 bits per heavy atom. The van der Waals surface area contributed by atoms with Crippen LogP contribution >= 0.6 is 0 Å². The van der Waals surface area contributed by atoms with Crippen molar-refractivity contribution in [1.29, 1.82) is 0 Å². The van der Waals surface area contributed by atoms with Crippen LogP contribution in [-0.4, -0.2) is 0 Å². The lowest BCUT2D eigenvalue weighted by atomic mass is 10.0. The first-order chi connectivity index (χ1) is 7.61. The Bertz CT molecular complexity index is 431. The van der Waals surface area contributed by atoms with Gasteiger partial charge in [0.1, 0.15) is 11.5 Å². The fourth-order valence-electron chi connectivity index (χ4n) is 1.96. The average molecular weight is 216 g/mol. The summed E-state index contributed by atoms with van der Waals surface area (Å²) in [5.74, 6) is 1.96. The predicted molar refractivity (Wildman–Crippen MR) is 71.4 cm³/mol. The molecule has 0 aliphatic rings. The van der Waals surface area contributed by atoms with E-state index in [-0.39, 0.29) is 0 Å². The first kappa shape index (κ1) is 12.6. The zero-order chi connectivity index (χ0) is 12.1. The largest absolute Gasteiger partial charge is 0.465 e. The molecule has 1 rings (SSSR count). The molecule has 0 spiro atoms. The molecule has 0 saturated heterocycles. The Hall–Kier alpha value is -1.50. The van der Waals surface area contributed by atoms with Crippen LogP contribution in [0.1, 0.15) is 42.9 Å². The molecule has 1 heterocycles. The monoisotopic (exact) mass is 216 g/mol. The Labute approximate surface area is 98.2 Å². The van der Waals surface area contributed by atoms with E-state index in [1.165, 1.54) is 16.7 Å². The van der Waals surface area contributed by atoms with Crippen molar-refractivity contribution in [3.8, 4) is 0 Å². The lowest BCUT2D eigenvalue weighted by Gasteiger charge is -2.01. The summed E-state index contributed by atoms with van der Waals surface area (Å²) in [6.07, 6.45) is 9.05. The van der Waals surface area contributed by atoms with Crippen molar-refractivity contribution in [2.45, 2.75) is 34.1 Å². The smallest absolute Gasteiger partial charge is 0.109 e. The van der Waals surface area contributed by atoms with Gasteiger partial charge in [0.15, 0.2) is 0 Å². The summed E-state index contributed by atoms with van der Waals surface area (Å²) in [7, 11) is 0. The molecule has 0 aliphatic carbocycles. The normalized spacial score (nSPS) is 12.4. The molecule has 0 atom stereocenters. The van der Waals surface area contributed by atoms with Crippen LogP contribution in [0, 0.1) is 13.8 Å². The van der Waals surface area contributed by atoms with Crippen molar-refractivity contribution >= 4 is 11.6 Å². The molecule has 0 amide bonds. The molecule has 0 aromatic carbocycles. The van der Waals surface area contributed by atoms with Gasteiger partial charge in [0, 0.05) is 11.1 Å². The first-order valence-electron chi connectivity index (χ1n) is 5.68. The summed E-state index contributed by atoms with van der Waals surface area (Å²) in [6, 6.07) is 0. The number of allylic oxidation sites excluding steroid dienone is 4. The first-order valence-corrected chi connectivity index (χ1v) is 5.68. The molecule has 0 radical (unpaired) electrons. The highest BCUT2D eigenvalue weighted by atomic mass is 16.3. The van der Waals surface area contributed by atoms with Crippen LogP contribution in [0.2, 0.25) is 0 Å². The Morgan fingerprint density at radius 3 is 2.56 bits per heavy atom. The van der Waals surface area contributed by atoms with Gasteiger partial charge in [0.2, 0.25) is 0 Å². The molecular formula is C15H20O. The molecular weight excluding hydrogens is 196 g/mol. The van der Waals surface area contributed by atoms with Gasteiger partial charge in [0.05, 0.1) is 0 Å². The Kier molecular flexibility index (Phi) is 4.36. The highest BCUT2D eigenvalue weighted by Gasteiger charge is 2.13. The summed E-state index contributed by atoms with van der Waals surface area (Å²) < 4.78 is 5.68. The van der Waals surface area contributed by atoms with Crippen molar-refractivity contribution in [1.82, 2.24) is 0 Å². The molecule has 0 bridgehead atoms. The lowest BCUT2D eigenvalue weighted by molar-refractivity contribution is 0.503. The van der Waals surface area contributed by atoms with Crippen LogP contribution in [0.4, 0.5) is 0 Å². The molecule has 1 heteroatoms. The van der Waals surface area contributed by atoms with Crippen molar-refractivity contribution in [2.75, 3.05) is 0 Å². The van der Waals surface area contributed by atoms with Crippen LogP contribution < -0.4 is 0 Å². The third-order valence-electron chi connectivity index (χ3n) is 2.61. The summed E-state index contributed by atoms with van der Waals surface area (Å²) in [6.45, 7) is 12.0. The molecule has 0 N–H and O–H groups in total. The molecule has 16 heavy (non-hydrogen) atoms. The number of aryl methyl sites for hydroxylation is 2. The molecule has 0 fully saturated rings. The van der Waals surface area contributed by atoms with Gasteiger partial charge in [-0.05, 0) is 32.8 Å². The molecule has 1 aromatic heterocycles. The topological polar surface area (TPSA) is 13.1 Å². The standard InChI is InChI=1S/C15H20O/c1-6-8-10-14-12(4)16-13(5)15(14)11(3)9-7-2/h6,8-10H,1,7H2,2-5H3/b10-8-,11-9-. The van der Waals surface area contributed by atoms with Gasteiger partial charge in [-0.25, -0.2) is 0 Å². The minimum absolute atomic E-state index is 0.967. The van der Waals surface area contributed by atoms with Crippen LogP contribution in [0.25, 0.3) is 11.6 Å². The second-order valence-electron chi connectivity index (χ2n) is 3.89. The van der Waals surface area contributed by atoms with Crippen LogP contribution in [0.5, 0.6) is 0 Å². The lowest BCUT2D eigenvalue weighted by Crippen LogP contribution is -1.84. The fraction of sp³-hybridized carbons (Fsp3) is 0.333. The van der Waals surface area contributed by atoms with Gasteiger partial charge in [-0.15, -0.1) is 0 Å². The van der Waals surface area contributed by atoms with E-state index < -0.39 is 0 Å². The van der Waals surface area contributed by atoms with E-state index in [1.54, 1.807) is 6.08 Å². The average Bonchev–Trinajstić information content (AvgIpc) is 2.50. The van der Waals surface area contributed by atoms with E-state index in [1.807, 2.05) is 19.9 Å². The zero-order valence-corrected chi connectivity index (χ0v) is 10.6. The summed E-state index contributed by atoms with van der Waals surface area (Å²) in [4.78, 5) is 0. The maximum absolute atomic E-state index is 5.68. The summed E-state index contributed by atoms with van der Waals surface area (Å²) >= 11 is 0. The maximum Gasteiger partial charge on any atom is 0.109 e. The van der Waals surface area contributed by atoms with Gasteiger partial charge >= 0.3 is 0 Å². The van der Waals surface area contributed by atoms with Crippen molar-refractivity contribution in [3.05, 3.63) is 47.5 Å². The SMILES string of the molecule is C=C/C=C\c1c(C)oc(C)c1/C(C)=C\CC. The van der Waals surface area contributed by atoms with Crippen molar-refractivity contribution in [2.24, 2.45) is 0 Å². The van der Waals surface area contributed by atoms with Crippen molar-refractivity contribution in [3.63, 3.8) is 0 Å². The number of hydrogen-bond acceptors (Lipinski definition) is 1. The van der Waals surface area contributed by atoms with Gasteiger partial charge in [-0.2, -0.15) is 0 Å². The third-order valence-corrected chi connectivity index (χ3v) is 2.61. The van der Waals surface area contributed by atoms with Crippen LogP contribution in [0.15, 0.2) is 29.2 Å². The Morgan fingerprint density at radius 1 is 1.31 bits per heavy atom. The van der Waals surface area contributed by atoms with E-state index in [2.05, 4.69) is 32.6 Å². The predicted octanol–water partition coefficient (Wildman–Crippen LogP) is 4.91. The molecule has 0 saturated carbocycles. The van der Waals surface area contributed by atoms with E-state index in [0.717, 1.165) is 17.9 Å². The van der Waals surface area contributed by atoms with Gasteiger partial charge < -0.3 is 4.42 Å². The van der Waals surface area contributed by atoms with Crippen molar-refractivity contribution < 1.29 is 4.42 Å². The minimum atomic E-state index is 0.967. The van der Waals surface area contributed by atoms with E-state index >= 15 is 0 Å². The quantitative estimate of drug-likeness (QED) is 0.652. The van der Waals surface area contributed by atoms with E-state index in [4.69, 9.17) is 4.42 Å². The molecule has 1 nitrogen and oxygen atoms in total.